The summed E-state index contributed by atoms with van der Waals surface area (Å²) in [4.78, 5) is 4.85. The van der Waals surface area contributed by atoms with Crippen molar-refractivity contribution in [2.24, 2.45) is 0 Å². The van der Waals surface area contributed by atoms with E-state index in [1.165, 1.54) is 11.1 Å². The van der Waals surface area contributed by atoms with Gasteiger partial charge in [0.05, 0.1) is 17.1 Å². The Hall–Kier alpha value is -3.33. The Labute approximate surface area is 172 Å². The number of aromatic nitrogens is 2. The van der Waals surface area contributed by atoms with E-state index < -0.39 is 0 Å². The van der Waals surface area contributed by atoms with Crippen molar-refractivity contribution in [1.82, 2.24) is 9.55 Å². The molecule has 0 fully saturated rings. The van der Waals surface area contributed by atoms with E-state index in [-0.39, 0.29) is 6.10 Å². The van der Waals surface area contributed by atoms with E-state index >= 15 is 0 Å². The van der Waals surface area contributed by atoms with E-state index in [9.17, 15) is 0 Å². The highest BCUT2D eigenvalue weighted by Gasteiger charge is 2.10. The Morgan fingerprint density at radius 1 is 0.897 bits per heavy atom. The fraction of sp³-hybridized carbons (Fsp3) is 0.192. The summed E-state index contributed by atoms with van der Waals surface area (Å²) >= 11 is 0. The molecule has 1 aromatic heterocycles. The normalized spacial score (nSPS) is 11.6. The van der Waals surface area contributed by atoms with Crippen molar-refractivity contribution in [2.75, 3.05) is 0 Å². The first-order valence-corrected chi connectivity index (χ1v) is 10.2. The quantitative estimate of drug-likeness (QED) is 0.378. The van der Waals surface area contributed by atoms with Gasteiger partial charge in [-0.15, -0.1) is 0 Å². The lowest BCUT2D eigenvalue weighted by Crippen LogP contribution is -2.05. The molecular formula is C26H26N2O. The lowest BCUT2D eigenvalue weighted by molar-refractivity contribution is 0.242. The van der Waals surface area contributed by atoms with Crippen LogP contribution in [0.3, 0.4) is 0 Å². The monoisotopic (exact) mass is 382 g/mol. The lowest BCUT2D eigenvalue weighted by Gasteiger charge is -2.12. The maximum atomic E-state index is 5.79. The molecule has 4 rings (SSSR count). The van der Waals surface area contributed by atoms with E-state index in [0.29, 0.717) is 0 Å². The standard InChI is InChI=1S/C26H26N2O/c1-4-20-9-11-21(12-10-20)13-18-26-27-24-7-5-6-8-25(24)28(26)22-14-16-23(17-15-22)29-19(2)3/h5-19H,4H2,1-3H3. The van der Waals surface area contributed by atoms with E-state index in [4.69, 9.17) is 9.72 Å². The molecule has 0 amide bonds. The smallest absolute Gasteiger partial charge is 0.138 e. The van der Waals surface area contributed by atoms with Gasteiger partial charge < -0.3 is 4.74 Å². The highest BCUT2D eigenvalue weighted by atomic mass is 16.5. The number of rotatable bonds is 6. The molecule has 0 atom stereocenters. The van der Waals surface area contributed by atoms with Gasteiger partial charge in [0.15, 0.2) is 0 Å². The van der Waals surface area contributed by atoms with Crippen LogP contribution in [0.4, 0.5) is 0 Å². The number of imidazole rings is 1. The van der Waals surface area contributed by atoms with Gasteiger partial charge in [-0.1, -0.05) is 49.4 Å². The Bertz CT molecular complexity index is 1120. The number of ether oxygens (including phenoxy) is 1. The van der Waals surface area contributed by atoms with Crippen LogP contribution in [-0.4, -0.2) is 15.7 Å². The van der Waals surface area contributed by atoms with Crippen molar-refractivity contribution >= 4 is 23.2 Å². The topological polar surface area (TPSA) is 27.1 Å². The minimum atomic E-state index is 0.160. The van der Waals surface area contributed by atoms with Gasteiger partial charge in [0.2, 0.25) is 0 Å². The summed E-state index contributed by atoms with van der Waals surface area (Å²) in [5, 5.41) is 0. The van der Waals surface area contributed by atoms with Crippen LogP contribution in [0.15, 0.2) is 72.8 Å². The summed E-state index contributed by atoms with van der Waals surface area (Å²) in [6.45, 7) is 6.24. The minimum Gasteiger partial charge on any atom is -0.491 e. The van der Waals surface area contributed by atoms with Gasteiger partial charge in [-0.25, -0.2) is 4.98 Å². The van der Waals surface area contributed by atoms with Crippen LogP contribution in [-0.2, 0) is 6.42 Å². The summed E-state index contributed by atoms with van der Waals surface area (Å²) in [7, 11) is 0. The van der Waals surface area contributed by atoms with Crippen LogP contribution in [0.2, 0.25) is 0 Å². The lowest BCUT2D eigenvalue weighted by atomic mass is 10.1. The van der Waals surface area contributed by atoms with E-state index in [1.807, 2.05) is 38.1 Å². The molecule has 0 aliphatic carbocycles. The number of aryl methyl sites for hydroxylation is 1. The molecule has 146 valence electrons. The molecular weight excluding hydrogens is 356 g/mol. The van der Waals surface area contributed by atoms with E-state index in [1.54, 1.807) is 0 Å². The summed E-state index contributed by atoms with van der Waals surface area (Å²) in [6, 6.07) is 25.1. The molecule has 0 saturated carbocycles. The molecule has 4 aromatic rings. The van der Waals surface area contributed by atoms with Crippen molar-refractivity contribution in [3.05, 3.63) is 89.7 Å². The van der Waals surface area contributed by atoms with Crippen LogP contribution in [0, 0.1) is 0 Å². The third-order valence-electron chi connectivity index (χ3n) is 4.87. The zero-order valence-electron chi connectivity index (χ0n) is 17.2. The molecule has 3 aromatic carbocycles. The van der Waals surface area contributed by atoms with Crippen LogP contribution in [0.5, 0.6) is 5.75 Å². The highest BCUT2D eigenvalue weighted by molar-refractivity contribution is 5.82. The first-order valence-electron chi connectivity index (χ1n) is 10.2. The third-order valence-corrected chi connectivity index (χ3v) is 4.87. The largest absolute Gasteiger partial charge is 0.491 e. The Morgan fingerprint density at radius 2 is 1.62 bits per heavy atom. The van der Waals surface area contributed by atoms with Crippen molar-refractivity contribution in [3.63, 3.8) is 0 Å². The second-order valence-corrected chi connectivity index (χ2v) is 7.38. The predicted octanol–water partition coefficient (Wildman–Crippen LogP) is 6.55. The molecule has 0 unspecified atom stereocenters. The van der Waals surface area contributed by atoms with Gasteiger partial charge in [-0.3, -0.25) is 4.57 Å². The van der Waals surface area contributed by atoms with Crippen molar-refractivity contribution < 1.29 is 4.74 Å². The molecule has 29 heavy (non-hydrogen) atoms. The summed E-state index contributed by atoms with van der Waals surface area (Å²) in [5.41, 5.74) is 5.65. The average molecular weight is 383 g/mol. The zero-order chi connectivity index (χ0) is 20.2. The number of benzene rings is 3. The van der Waals surface area contributed by atoms with Gasteiger partial charge >= 0.3 is 0 Å². The Balaban J connectivity index is 1.73. The molecule has 1 heterocycles. The molecule has 0 aliphatic rings. The number of hydrogen-bond donors (Lipinski definition) is 0. The van der Waals surface area contributed by atoms with E-state index in [0.717, 1.165) is 34.7 Å². The van der Waals surface area contributed by atoms with Gasteiger partial charge in [0.25, 0.3) is 0 Å². The molecule has 0 bridgehead atoms. The maximum Gasteiger partial charge on any atom is 0.138 e. The number of fused-ring (bicyclic) bond motifs is 1. The summed E-state index contributed by atoms with van der Waals surface area (Å²) in [5.74, 6) is 1.78. The van der Waals surface area contributed by atoms with Crippen LogP contribution < -0.4 is 4.74 Å². The second kappa shape index (κ2) is 8.36. The first-order chi connectivity index (χ1) is 14.1. The Kier molecular flexibility index (Phi) is 5.48. The summed E-state index contributed by atoms with van der Waals surface area (Å²) < 4.78 is 7.98. The molecule has 3 heteroatoms. The predicted molar refractivity (Wildman–Crippen MR) is 122 cm³/mol. The van der Waals surface area contributed by atoms with Crippen molar-refractivity contribution in [3.8, 4) is 11.4 Å². The molecule has 0 saturated heterocycles. The van der Waals surface area contributed by atoms with Crippen LogP contribution in [0.25, 0.3) is 28.9 Å². The number of hydrogen-bond acceptors (Lipinski definition) is 2. The molecule has 3 nitrogen and oxygen atoms in total. The van der Waals surface area contributed by atoms with Gasteiger partial charge in [0.1, 0.15) is 11.6 Å². The van der Waals surface area contributed by atoms with Gasteiger partial charge in [-0.2, -0.15) is 0 Å². The SMILES string of the molecule is CCc1ccc(C=Cc2nc3ccccc3n2-c2ccc(OC(C)C)cc2)cc1. The van der Waals surface area contributed by atoms with Crippen LogP contribution >= 0.6 is 0 Å². The molecule has 0 aliphatic heterocycles. The maximum absolute atomic E-state index is 5.79. The first kappa shape index (κ1) is 19.0. The number of para-hydroxylation sites is 2. The minimum absolute atomic E-state index is 0.160. The second-order valence-electron chi connectivity index (χ2n) is 7.38. The Morgan fingerprint density at radius 3 is 2.31 bits per heavy atom. The van der Waals surface area contributed by atoms with Crippen molar-refractivity contribution in [1.29, 1.82) is 0 Å². The molecule has 0 spiro atoms. The fourth-order valence-electron chi connectivity index (χ4n) is 3.41. The zero-order valence-corrected chi connectivity index (χ0v) is 17.2. The van der Waals surface area contributed by atoms with Crippen LogP contribution in [0.1, 0.15) is 37.7 Å². The molecule has 0 N–H and O–H groups in total. The van der Waals surface area contributed by atoms with Gasteiger partial charge in [0, 0.05) is 5.69 Å². The van der Waals surface area contributed by atoms with Gasteiger partial charge in [-0.05, 0) is 73.9 Å². The summed E-state index contributed by atoms with van der Waals surface area (Å²) in [6.07, 6.45) is 5.41. The molecule has 0 radical (unpaired) electrons. The average Bonchev–Trinajstić information content (AvgIpc) is 3.11. The third kappa shape index (κ3) is 4.24. The van der Waals surface area contributed by atoms with E-state index in [2.05, 4.69) is 72.2 Å². The number of nitrogens with zero attached hydrogens (tertiary/aromatic N) is 2. The fourth-order valence-corrected chi connectivity index (χ4v) is 3.41. The highest BCUT2D eigenvalue weighted by Crippen LogP contribution is 2.25. The van der Waals surface area contributed by atoms with Crippen molar-refractivity contribution in [2.45, 2.75) is 33.3 Å².